The van der Waals surface area contributed by atoms with E-state index in [2.05, 4.69) is 118 Å². The Labute approximate surface area is 342 Å². The van der Waals surface area contributed by atoms with Crippen LogP contribution in [-0.2, 0) is 20.1 Å². The molecule has 0 saturated carbocycles. The Bertz CT molecular complexity index is 2740. The normalized spacial score (nSPS) is 12.8. The number of pyridine rings is 2. The number of hydrogen-bond donors (Lipinski definition) is 0. The number of aryl methyl sites for hydroxylation is 3. The fourth-order valence-electron chi connectivity index (χ4n) is 7.10. The van der Waals surface area contributed by atoms with Crippen molar-refractivity contribution in [3.05, 3.63) is 137 Å². The van der Waals surface area contributed by atoms with Crippen molar-refractivity contribution < 1.29 is 33.0 Å². The molecule has 0 amide bonds. The van der Waals surface area contributed by atoms with E-state index in [4.69, 9.17) is 18.5 Å². The maximum Gasteiger partial charge on any atom is 0.120 e. The van der Waals surface area contributed by atoms with Crippen LogP contribution in [0.4, 0.5) is 4.39 Å². The summed E-state index contributed by atoms with van der Waals surface area (Å²) in [6.07, 6.45) is 1.77. The van der Waals surface area contributed by atoms with E-state index >= 15 is 0 Å². The molecule has 0 aliphatic carbocycles. The summed E-state index contributed by atoms with van der Waals surface area (Å²) in [5.74, 6) is 0.902. The van der Waals surface area contributed by atoms with Gasteiger partial charge in [-0.15, -0.1) is 42.0 Å². The molecule has 4 heterocycles. The van der Waals surface area contributed by atoms with Gasteiger partial charge < -0.3 is 14.0 Å². The Hall–Kier alpha value is -4.75. The van der Waals surface area contributed by atoms with Gasteiger partial charge in [-0.2, -0.15) is 0 Å². The maximum absolute atomic E-state index is 14.1. The van der Waals surface area contributed by atoms with Gasteiger partial charge in [0.25, 0.3) is 0 Å². The molecule has 1 radical (unpaired) electrons. The molecule has 8 rings (SSSR count). The van der Waals surface area contributed by atoms with E-state index in [0.717, 1.165) is 61.8 Å². The number of para-hydroxylation sites is 2. The monoisotopic (exact) mass is 926 g/mol. The number of furan rings is 1. The van der Waals surface area contributed by atoms with Gasteiger partial charge in [0.1, 0.15) is 5.58 Å². The van der Waals surface area contributed by atoms with Crippen LogP contribution in [0, 0.1) is 38.6 Å². The van der Waals surface area contributed by atoms with Gasteiger partial charge in [0, 0.05) is 53.0 Å². The molecule has 8 aromatic rings. The van der Waals surface area contributed by atoms with Gasteiger partial charge in [0.15, 0.2) is 0 Å². The third-order valence-corrected chi connectivity index (χ3v) is 11.9. The minimum atomic E-state index is -2.33. The van der Waals surface area contributed by atoms with Crippen molar-refractivity contribution in [2.24, 2.45) is 0 Å². The number of rotatable bonds is 6. The molecule has 0 bridgehead atoms. The van der Waals surface area contributed by atoms with E-state index in [1.54, 1.807) is 12.3 Å². The first-order chi connectivity index (χ1) is 26.9. The van der Waals surface area contributed by atoms with Crippen LogP contribution in [0.3, 0.4) is 0 Å². The topological polar surface area (TPSA) is 56.7 Å². The van der Waals surface area contributed by atoms with Crippen LogP contribution >= 0.6 is 0 Å². The number of halogens is 1. The van der Waals surface area contributed by atoms with Gasteiger partial charge >= 0.3 is 0 Å². The van der Waals surface area contributed by atoms with E-state index in [-0.39, 0.29) is 31.2 Å². The van der Waals surface area contributed by atoms with Crippen LogP contribution in [0.15, 0.2) is 95.5 Å². The smallest absolute Gasteiger partial charge is 0.120 e. The zero-order valence-electron chi connectivity index (χ0n) is 35.7. The standard InChI is InChI=1S/C32H30N3O.C15H17FNSi.Ir/c1-18(2)22-12-9-13-23(19(3)4)30(22)35-29-21(6)33-20(5)17-27(29)34-32(35)26-15-10-14-25-24-11-7-8-16-28(24)36-31(25)26;1-11-5-7-13(14(16)9-11)15-8-6-12(10-17-15)18(2,3)4;/h7-14,16-19H,1-6H3;5-6,8-10H,1-4H3;/q2*-1;/i;1D3;. The predicted molar refractivity (Wildman–Crippen MR) is 224 cm³/mol. The van der Waals surface area contributed by atoms with Gasteiger partial charge in [-0.25, -0.2) is 0 Å². The van der Waals surface area contributed by atoms with Crippen molar-refractivity contribution in [2.45, 2.75) is 79.9 Å². The molecule has 4 aromatic heterocycles. The third kappa shape index (κ3) is 7.73. The summed E-state index contributed by atoms with van der Waals surface area (Å²) < 4.78 is 44.7. The van der Waals surface area contributed by atoms with Crippen LogP contribution in [-0.4, -0.2) is 27.6 Å². The van der Waals surface area contributed by atoms with Crippen molar-refractivity contribution in [1.29, 1.82) is 0 Å². The van der Waals surface area contributed by atoms with Gasteiger partial charge in [0.2, 0.25) is 0 Å². The average Bonchev–Trinajstić information content (AvgIpc) is 3.73. The Balaban J connectivity index is 0.000000221. The first-order valence-electron chi connectivity index (χ1n) is 19.9. The van der Waals surface area contributed by atoms with Gasteiger partial charge in [0.05, 0.1) is 36.2 Å². The molecule has 55 heavy (non-hydrogen) atoms. The van der Waals surface area contributed by atoms with E-state index in [1.807, 2.05) is 31.2 Å². The maximum atomic E-state index is 14.1. The summed E-state index contributed by atoms with van der Waals surface area (Å²) in [6, 6.07) is 33.2. The fourth-order valence-corrected chi connectivity index (χ4v) is 8.13. The molecule has 283 valence electrons. The summed E-state index contributed by atoms with van der Waals surface area (Å²) in [5, 5.41) is 3.36. The van der Waals surface area contributed by atoms with E-state index in [0.29, 0.717) is 17.5 Å². The van der Waals surface area contributed by atoms with E-state index < -0.39 is 20.7 Å². The summed E-state index contributed by atoms with van der Waals surface area (Å²) in [6.45, 7) is 17.4. The minimum absolute atomic E-state index is 0. The van der Waals surface area contributed by atoms with Crippen LogP contribution < -0.4 is 5.19 Å². The van der Waals surface area contributed by atoms with Crippen LogP contribution in [0.2, 0.25) is 19.6 Å². The Kier molecular flexibility index (Phi) is 10.3. The van der Waals surface area contributed by atoms with Crippen LogP contribution in [0.5, 0.6) is 0 Å². The number of fused-ring (bicyclic) bond motifs is 4. The summed E-state index contributed by atoms with van der Waals surface area (Å²) in [5.41, 5.74) is 10.8. The predicted octanol–water partition coefficient (Wildman–Crippen LogP) is 12.2. The molecule has 0 spiro atoms. The SMILES string of the molecule is Cc1cc2nc(-c3[c-]ccc4c3oc3ccccc34)n(-c3c(C(C)C)cccc3C(C)C)c2c(C)n1.[2H]C([2H])([2H])c1c[c-]c(-c2ccc([Si](C)(C)C)cn2)c(F)c1.[Ir]. The van der Waals surface area contributed by atoms with Crippen molar-refractivity contribution in [1.82, 2.24) is 19.5 Å². The molecule has 4 aromatic carbocycles. The largest absolute Gasteiger partial charge is 0.501 e. The molecule has 0 unspecified atom stereocenters. The fraction of sp³-hybridized carbons (Fsp3) is 0.255. The second kappa shape index (κ2) is 15.8. The van der Waals surface area contributed by atoms with Crippen LogP contribution in [0.1, 0.15) is 71.7 Å². The summed E-state index contributed by atoms with van der Waals surface area (Å²) >= 11 is 0. The molecule has 0 aliphatic heterocycles. The first-order valence-corrected chi connectivity index (χ1v) is 21.9. The number of imidazole rings is 1. The molecular weight excluding hydrogens is 876 g/mol. The number of nitrogens with zero attached hydrogens (tertiary/aromatic N) is 4. The summed E-state index contributed by atoms with van der Waals surface area (Å²) in [4.78, 5) is 14.4. The Morgan fingerprint density at radius 1 is 0.836 bits per heavy atom. The van der Waals surface area contributed by atoms with E-state index in [9.17, 15) is 4.39 Å². The molecule has 0 aliphatic rings. The van der Waals surface area contributed by atoms with Gasteiger partial charge in [-0.1, -0.05) is 119 Å². The zero-order valence-corrected chi connectivity index (χ0v) is 36.1. The van der Waals surface area contributed by atoms with Crippen molar-refractivity contribution in [2.75, 3.05) is 0 Å². The number of aromatic nitrogens is 4. The Morgan fingerprint density at radius 2 is 1.56 bits per heavy atom. The number of hydrogen-bond acceptors (Lipinski definition) is 4. The quantitative estimate of drug-likeness (QED) is 0.123. The van der Waals surface area contributed by atoms with Gasteiger partial charge in [-0.3, -0.25) is 14.4 Å². The molecule has 5 nitrogen and oxygen atoms in total. The first kappa shape index (κ1) is 35.9. The van der Waals surface area contributed by atoms with Crippen molar-refractivity contribution in [3.63, 3.8) is 0 Å². The second-order valence-corrected chi connectivity index (χ2v) is 20.6. The number of benzene rings is 4. The minimum Gasteiger partial charge on any atom is -0.501 e. The van der Waals surface area contributed by atoms with Gasteiger partial charge in [-0.05, 0) is 59.8 Å². The van der Waals surface area contributed by atoms with Crippen LogP contribution in [0.25, 0.3) is 61.3 Å². The Morgan fingerprint density at radius 3 is 2.20 bits per heavy atom. The molecule has 0 saturated heterocycles. The molecule has 0 fully saturated rings. The second-order valence-electron chi connectivity index (χ2n) is 15.6. The molecule has 0 N–H and O–H groups in total. The molecule has 8 heteroatoms. The van der Waals surface area contributed by atoms with Crippen molar-refractivity contribution >= 4 is 46.2 Å². The third-order valence-electron chi connectivity index (χ3n) is 9.84. The average molecular weight is 926 g/mol. The molecular formula is C47H47FIrN4OSi-2. The molecule has 0 atom stereocenters. The van der Waals surface area contributed by atoms with E-state index in [1.165, 1.54) is 28.1 Å². The zero-order chi connectivity index (χ0) is 41.0. The summed E-state index contributed by atoms with van der Waals surface area (Å²) in [7, 11) is -1.45. The van der Waals surface area contributed by atoms with Crippen molar-refractivity contribution in [3.8, 4) is 28.3 Å².